The van der Waals surface area contributed by atoms with Gasteiger partial charge in [0.2, 0.25) is 0 Å². The molecule has 3 heteroatoms. The van der Waals surface area contributed by atoms with Crippen LogP contribution in [0.15, 0.2) is 0 Å². The first-order valence-electron chi connectivity index (χ1n) is 2.18. The molecule has 0 aliphatic heterocycles. The Morgan fingerprint density at radius 1 is 1.71 bits per heavy atom. The summed E-state index contributed by atoms with van der Waals surface area (Å²) in [5, 5.41) is 10.3. The van der Waals surface area contributed by atoms with E-state index in [1.807, 2.05) is 0 Å². The molecule has 0 spiro atoms. The van der Waals surface area contributed by atoms with Crippen LogP contribution in [0, 0.1) is 5.41 Å². The Morgan fingerprint density at radius 3 is 2.86 bits per heavy atom. The van der Waals surface area contributed by atoms with E-state index in [0.29, 0.717) is 19.6 Å². The lowest BCUT2D eigenvalue weighted by Crippen LogP contribution is -1.89. The van der Waals surface area contributed by atoms with Gasteiger partial charge in [-0.1, -0.05) is 0 Å². The third-order valence-electron chi connectivity index (χ3n) is 0.490. The summed E-state index contributed by atoms with van der Waals surface area (Å²) in [5.74, 6) is 0. The molecular weight excluding hydrogens is 90.1 g/mol. The molecule has 0 bridgehead atoms. The molecule has 0 amide bonds. The Labute approximate surface area is 43.4 Å². The maximum absolute atomic E-state index is 6.61. The lowest BCUT2D eigenvalue weighted by molar-refractivity contribution is 1.16. The van der Waals surface area contributed by atoms with Crippen LogP contribution >= 0.6 is 0 Å². The molecule has 0 aromatic rings. The lowest BCUT2D eigenvalue weighted by Gasteiger charge is -2.15. The van der Waals surface area contributed by atoms with Gasteiger partial charge in [-0.25, -0.2) is 0 Å². The fourth-order valence-electron chi connectivity index (χ4n) is 0.235. The van der Waals surface area contributed by atoms with E-state index in [9.17, 15) is 0 Å². The number of rotatable bonds is 4. The van der Waals surface area contributed by atoms with Crippen LogP contribution in [-0.4, -0.2) is 25.8 Å². The first-order valence-corrected chi connectivity index (χ1v) is 2.18. The lowest BCUT2D eigenvalue weighted by atomic mass is 10.6. The molecule has 0 fully saturated rings. The third kappa shape index (κ3) is 5.59. The molecule has 0 unspecified atom stereocenters. The first kappa shape index (κ1) is 6.59. The van der Waals surface area contributed by atoms with E-state index in [1.54, 1.807) is 0 Å². The van der Waals surface area contributed by atoms with Crippen molar-refractivity contribution in [3.63, 3.8) is 0 Å². The van der Waals surface area contributed by atoms with Crippen LogP contribution in [0.2, 0.25) is 0 Å². The number of hydrogen-bond acceptors (Lipinski definition) is 1. The molecule has 0 rings (SSSR count). The van der Waals surface area contributed by atoms with Gasteiger partial charge in [-0.15, -0.1) is 6.54 Å². The molecule has 0 saturated heterocycles. The molecule has 0 radical (unpaired) electrons. The van der Waals surface area contributed by atoms with Gasteiger partial charge in [0.1, 0.15) is 0 Å². The monoisotopic (exact) mass is 99.1 g/mol. The molecule has 3 nitrogen and oxygen atoms in total. The molecule has 0 aliphatic rings. The summed E-state index contributed by atoms with van der Waals surface area (Å²) in [6.45, 7) is 1.38. The molecule has 7 heavy (non-hydrogen) atoms. The van der Waals surface area contributed by atoms with E-state index in [2.05, 4.69) is 5.32 Å². The number of hydrogen-bond donors (Lipinski definition) is 1. The minimum atomic E-state index is 0.341. The van der Waals surface area contributed by atoms with Crippen LogP contribution in [0.3, 0.4) is 0 Å². The molecule has 0 aromatic heterocycles. The normalized spacial score (nSPS) is 8.71. The zero-order valence-electron chi connectivity index (χ0n) is 4.15. The summed E-state index contributed by atoms with van der Waals surface area (Å²) in [6.07, 6.45) is 1.23. The van der Waals surface area contributed by atoms with Gasteiger partial charge in [0.05, 0.1) is 0 Å². The first-order chi connectivity index (χ1) is 3.41. The van der Waals surface area contributed by atoms with E-state index >= 15 is 0 Å². The highest BCUT2D eigenvalue weighted by Crippen LogP contribution is 1.79. The highest BCUT2D eigenvalue weighted by Gasteiger charge is 1.55. The summed E-state index contributed by atoms with van der Waals surface area (Å²) in [6, 6.07) is 0. The van der Waals surface area contributed by atoms with Gasteiger partial charge in [0.25, 0.3) is 0 Å². The molecule has 0 aromatic carbocycles. The van der Waals surface area contributed by atoms with Crippen molar-refractivity contribution in [2.45, 2.75) is 0 Å². The standard InChI is InChI=1S/C4H9N3/c5-1-3-7-4-2-6/h1,5-6H,2-4H2/q-2. The Balaban J connectivity index is 2.56. The summed E-state index contributed by atoms with van der Waals surface area (Å²) in [7, 11) is 0. The zero-order chi connectivity index (χ0) is 5.54. The smallest absolute Gasteiger partial charge is 0.0253 e. The number of nitrogens with one attached hydrogen (secondary N) is 2. The van der Waals surface area contributed by atoms with E-state index in [-0.39, 0.29) is 0 Å². The molecule has 0 atom stereocenters. The molecule has 0 aliphatic carbocycles. The number of nitrogens with zero attached hydrogens (tertiary/aromatic N) is 1. The van der Waals surface area contributed by atoms with Gasteiger partial charge in [-0.05, 0) is 6.21 Å². The van der Waals surface area contributed by atoms with Crippen molar-refractivity contribution in [2.24, 2.45) is 0 Å². The van der Waals surface area contributed by atoms with Crippen LogP contribution in [0.1, 0.15) is 0 Å². The highest BCUT2D eigenvalue weighted by atomic mass is 14.9. The van der Waals surface area contributed by atoms with Gasteiger partial charge in [-0.2, -0.15) is 13.1 Å². The van der Waals surface area contributed by atoms with Crippen LogP contribution in [0.25, 0.3) is 11.1 Å². The second-order valence-corrected chi connectivity index (χ2v) is 1.08. The molecule has 0 heterocycles. The zero-order valence-corrected chi connectivity index (χ0v) is 4.15. The minimum Gasteiger partial charge on any atom is -0.679 e. The van der Waals surface area contributed by atoms with Crippen LogP contribution in [0.4, 0.5) is 0 Å². The van der Waals surface area contributed by atoms with Crippen LogP contribution < -0.4 is 0 Å². The molecular formula is C4H9N3-2. The van der Waals surface area contributed by atoms with E-state index in [1.165, 1.54) is 6.21 Å². The third-order valence-corrected chi connectivity index (χ3v) is 0.490. The summed E-state index contributed by atoms with van der Waals surface area (Å²) in [4.78, 5) is 0. The van der Waals surface area contributed by atoms with Gasteiger partial charge in [-0.3, -0.25) is 0 Å². The van der Waals surface area contributed by atoms with Crippen molar-refractivity contribution < 1.29 is 0 Å². The maximum Gasteiger partial charge on any atom is -0.0253 e. The van der Waals surface area contributed by atoms with Gasteiger partial charge in [0, 0.05) is 0 Å². The predicted molar refractivity (Wildman–Crippen MR) is 31.1 cm³/mol. The van der Waals surface area contributed by atoms with Crippen molar-refractivity contribution >= 4 is 6.21 Å². The van der Waals surface area contributed by atoms with Gasteiger partial charge < -0.3 is 16.5 Å². The van der Waals surface area contributed by atoms with Crippen molar-refractivity contribution in [1.29, 1.82) is 5.41 Å². The SMILES string of the molecule is N=CC[N-]CC[NH-]. The van der Waals surface area contributed by atoms with Crippen LogP contribution in [0.5, 0.6) is 0 Å². The van der Waals surface area contributed by atoms with Gasteiger partial charge >= 0.3 is 0 Å². The highest BCUT2D eigenvalue weighted by molar-refractivity contribution is 5.58. The van der Waals surface area contributed by atoms with Crippen LogP contribution in [-0.2, 0) is 0 Å². The van der Waals surface area contributed by atoms with E-state index < -0.39 is 0 Å². The second kappa shape index (κ2) is 5.59. The average molecular weight is 99.1 g/mol. The van der Waals surface area contributed by atoms with E-state index in [0.717, 1.165) is 0 Å². The topological polar surface area (TPSA) is 61.8 Å². The molecule has 0 saturated carbocycles. The Kier molecular flexibility index (Phi) is 5.26. The largest absolute Gasteiger partial charge is 0.679 e. The average Bonchev–Trinajstić information content (AvgIpc) is 1.69. The Bertz CT molecular complexity index is 44.2. The Morgan fingerprint density at radius 2 is 2.43 bits per heavy atom. The summed E-state index contributed by atoms with van der Waals surface area (Å²) >= 11 is 0. The van der Waals surface area contributed by atoms with Crippen molar-refractivity contribution in [3.05, 3.63) is 11.1 Å². The molecule has 2 N–H and O–H groups in total. The van der Waals surface area contributed by atoms with Gasteiger partial charge in [0.15, 0.2) is 0 Å². The Hall–Kier alpha value is -0.410. The fraction of sp³-hybridized carbons (Fsp3) is 0.750. The second-order valence-electron chi connectivity index (χ2n) is 1.08. The minimum absolute atomic E-state index is 0.341. The predicted octanol–water partition coefficient (Wildman–Crippen LogP) is 1.06. The van der Waals surface area contributed by atoms with Crippen molar-refractivity contribution in [1.82, 2.24) is 0 Å². The quantitative estimate of drug-likeness (QED) is 0.404. The molecule has 42 valence electrons. The fourth-order valence-corrected chi connectivity index (χ4v) is 0.235. The summed E-state index contributed by atoms with van der Waals surface area (Å²) < 4.78 is 0. The van der Waals surface area contributed by atoms with Crippen molar-refractivity contribution in [3.8, 4) is 0 Å². The van der Waals surface area contributed by atoms with E-state index in [4.69, 9.17) is 11.1 Å². The maximum atomic E-state index is 6.61. The summed E-state index contributed by atoms with van der Waals surface area (Å²) in [5.41, 5.74) is 6.61. The van der Waals surface area contributed by atoms with Crippen molar-refractivity contribution in [2.75, 3.05) is 19.6 Å².